The number of nitrogens with one attached hydrogen (secondary N) is 1. The Hall–Kier alpha value is -2.09. The fraction of sp³-hybridized carbons (Fsp3) is 0.550. The molecule has 0 radical (unpaired) electrons. The summed E-state index contributed by atoms with van der Waals surface area (Å²) >= 11 is 0. The van der Waals surface area contributed by atoms with E-state index in [1.54, 1.807) is 12.4 Å². The van der Waals surface area contributed by atoms with Gasteiger partial charge in [0.05, 0.1) is 12.2 Å². The first-order valence-electron chi connectivity index (χ1n) is 9.75. The predicted molar refractivity (Wildman–Crippen MR) is 104 cm³/mol. The molecule has 1 aliphatic carbocycles. The van der Waals surface area contributed by atoms with Crippen LogP contribution in [0.1, 0.15) is 30.5 Å². The number of hydrogen-bond acceptors (Lipinski definition) is 7. The molecule has 2 aromatic rings. The van der Waals surface area contributed by atoms with E-state index in [0.717, 1.165) is 68.2 Å². The Kier molecular flexibility index (Phi) is 5.61. The summed E-state index contributed by atoms with van der Waals surface area (Å²) in [4.78, 5) is 13.6. The lowest BCUT2D eigenvalue weighted by Gasteiger charge is -2.36. The van der Waals surface area contributed by atoms with Crippen molar-refractivity contribution < 1.29 is 9.47 Å². The van der Waals surface area contributed by atoms with Crippen molar-refractivity contribution in [2.24, 2.45) is 5.73 Å². The first-order valence-corrected chi connectivity index (χ1v) is 9.75. The third kappa shape index (κ3) is 4.10. The van der Waals surface area contributed by atoms with Crippen molar-refractivity contribution in [1.29, 1.82) is 0 Å². The van der Waals surface area contributed by atoms with Crippen LogP contribution in [-0.2, 0) is 22.3 Å². The largest absolute Gasteiger partial charge is 0.381 e. The van der Waals surface area contributed by atoms with Crippen LogP contribution in [-0.4, -0.2) is 53.5 Å². The second-order valence-corrected chi connectivity index (χ2v) is 7.19. The number of ether oxygens (including phenoxy) is 2. The molecule has 7 heteroatoms. The maximum Gasteiger partial charge on any atom is 0.161 e. The van der Waals surface area contributed by atoms with E-state index < -0.39 is 0 Å². The number of nitrogens with zero attached hydrogens (tertiary/aromatic N) is 3. The van der Waals surface area contributed by atoms with Gasteiger partial charge in [0.15, 0.2) is 5.82 Å². The van der Waals surface area contributed by atoms with Gasteiger partial charge >= 0.3 is 0 Å². The molecule has 1 fully saturated rings. The number of anilines is 1. The van der Waals surface area contributed by atoms with Gasteiger partial charge in [0.25, 0.3) is 0 Å². The minimum Gasteiger partial charge on any atom is -0.381 e. The quantitative estimate of drug-likeness (QED) is 0.720. The zero-order chi connectivity index (χ0) is 18.5. The molecule has 4 rings (SSSR count). The van der Waals surface area contributed by atoms with Gasteiger partial charge in [-0.1, -0.05) is 0 Å². The molecule has 0 saturated carbocycles. The molecule has 0 aromatic carbocycles. The van der Waals surface area contributed by atoms with Crippen LogP contribution in [0.5, 0.6) is 0 Å². The molecule has 3 heterocycles. The molecule has 0 amide bonds. The van der Waals surface area contributed by atoms with Gasteiger partial charge in [-0.15, -0.1) is 0 Å². The Morgan fingerprint density at radius 2 is 1.96 bits per heavy atom. The number of aryl methyl sites for hydroxylation is 1. The number of hydrogen-bond donors (Lipinski definition) is 2. The van der Waals surface area contributed by atoms with Crippen molar-refractivity contribution in [2.75, 3.05) is 38.2 Å². The Morgan fingerprint density at radius 1 is 1.15 bits per heavy atom. The monoisotopic (exact) mass is 369 g/mol. The lowest BCUT2D eigenvalue weighted by atomic mass is 9.94. The van der Waals surface area contributed by atoms with Crippen LogP contribution in [0.4, 0.5) is 5.82 Å². The van der Waals surface area contributed by atoms with Gasteiger partial charge in [-0.25, -0.2) is 9.97 Å². The van der Waals surface area contributed by atoms with E-state index in [1.165, 1.54) is 5.56 Å². The van der Waals surface area contributed by atoms with Crippen molar-refractivity contribution in [1.82, 2.24) is 15.0 Å². The molecular weight excluding hydrogens is 342 g/mol. The minimum atomic E-state index is -0.240. The van der Waals surface area contributed by atoms with Crippen LogP contribution in [0.2, 0.25) is 0 Å². The Labute approximate surface area is 159 Å². The van der Waals surface area contributed by atoms with Crippen molar-refractivity contribution in [3.8, 4) is 11.4 Å². The zero-order valence-corrected chi connectivity index (χ0v) is 15.6. The third-order valence-electron chi connectivity index (χ3n) is 5.45. The third-order valence-corrected chi connectivity index (χ3v) is 5.45. The van der Waals surface area contributed by atoms with Crippen LogP contribution in [0.25, 0.3) is 11.4 Å². The molecule has 7 nitrogen and oxygen atoms in total. The van der Waals surface area contributed by atoms with Crippen LogP contribution in [0, 0.1) is 0 Å². The lowest BCUT2D eigenvalue weighted by Crippen LogP contribution is -2.46. The lowest BCUT2D eigenvalue weighted by molar-refractivity contribution is -0.101. The maximum absolute atomic E-state index is 6.16. The maximum atomic E-state index is 6.16. The van der Waals surface area contributed by atoms with E-state index in [2.05, 4.69) is 10.3 Å². The summed E-state index contributed by atoms with van der Waals surface area (Å²) in [6.07, 6.45) is 8.43. The number of aromatic nitrogens is 3. The molecule has 0 unspecified atom stereocenters. The van der Waals surface area contributed by atoms with Crippen molar-refractivity contribution in [3.63, 3.8) is 0 Å². The molecule has 0 spiro atoms. The molecule has 2 aliphatic rings. The van der Waals surface area contributed by atoms with Gasteiger partial charge in [-0.3, -0.25) is 4.98 Å². The van der Waals surface area contributed by atoms with Crippen molar-refractivity contribution in [2.45, 2.75) is 37.7 Å². The van der Waals surface area contributed by atoms with Crippen molar-refractivity contribution >= 4 is 5.82 Å². The Morgan fingerprint density at radius 3 is 2.74 bits per heavy atom. The van der Waals surface area contributed by atoms with Gasteiger partial charge in [0, 0.05) is 68.4 Å². The summed E-state index contributed by atoms with van der Waals surface area (Å²) in [5.74, 6) is 1.69. The summed E-state index contributed by atoms with van der Waals surface area (Å²) in [7, 11) is 0. The summed E-state index contributed by atoms with van der Waals surface area (Å²) < 4.78 is 11.6. The van der Waals surface area contributed by atoms with Gasteiger partial charge in [0.2, 0.25) is 0 Å². The molecule has 1 aliphatic heterocycles. The second kappa shape index (κ2) is 8.29. The van der Waals surface area contributed by atoms with Gasteiger partial charge < -0.3 is 20.5 Å². The molecule has 144 valence electrons. The van der Waals surface area contributed by atoms with E-state index in [0.29, 0.717) is 19.7 Å². The number of fused-ring (bicyclic) bond motifs is 1. The average Bonchev–Trinajstić information content (AvgIpc) is 3.21. The highest BCUT2D eigenvalue weighted by Crippen LogP contribution is 2.29. The highest BCUT2D eigenvalue weighted by Gasteiger charge is 2.32. The summed E-state index contributed by atoms with van der Waals surface area (Å²) in [6.45, 7) is 3.27. The first-order chi connectivity index (χ1) is 13.3. The molecule has 3 N–H and O–H groups in total. The minimum absolute atomic E-state index is 0.240. The van der Waals surface area contributed by atoms with E-state index in [9.17, 15) is 0 Å². The normalized spacial score (nSPS) is 18.3. The number of pyridine rings is 1. The van der Waals surface area contributed by atoms with E-state index >= 15 is 0 Å². The molecular formula is C20H27N5O2. The van der Waals surface area contributed by atoms with Gasteiger partial charge in [-0.2, -0.15) is 0 Å². The van der Waals surface area contributed by atoms with Crippen LogP contribution < -0.4 is 11.1 Å². The molecule has 0 bridgehead atoms. The average molecular weight is 369 g/mol. The number of nitrogens with two attached hydrogens (primary N) is 1. The van der Waals surface area contributed by atoms with Crippen LogP contribution >= 0.6 is 0 Å². The predicted octanol–water partition coefficient (Wildman–Crippen LogP) is 1.96. The Bertz CT molecular complexity index is 762. The molecule has 1 saturated heterocycles. The summed E-state index contributed by atoms with van der Waals surface area (Å²) in [6, 6.07) is 3.89. The molecule has 0 atom stereocenters. The van der Waals surface area contributed by atoms with E-state index in [-0.39, 0.29) is 5.60 Å². The highest BCUT2D eigenvalue weighted by molar-refractivity contribution is 5.60. The van der Waals surface area contributed by atoms with E-state index in [1.807, 2.05) is 12.1 Å². The smallest absolute Gasteiger partial charge is 0.161 e. The topological polar surface area (TPSA) is 95.2 Å². The fourth-order valence-electron chi connectivity index (χ4n) is 3.80. The second-order valence-electron chi connectivity index (χ2n) is 7.19. The standard InChI is InChI=1S/C20H27N5O2/c21-14-20(6-11-26-12-7-20)27-13-10-23-19-16-2-1-3-17(16)24-18(25-19)15-4-8-22-9-5-15/h4-5,8-9H,1-3,6-7,10-14,21H2,(H,23,24,25). The fourth-order valence-corrected chi connectivity index (χ4v) is 3.80. The van der Waals surface area contributed by atoms with E-state index in [4.69, 9.17) is 25.2 Å². The zero-order valence-electron chi connectivity index (χ0n) is 15.6. The summed E-state index contributed by atoms with van der Waals surface area (Å²) in [5.41, 5.74) is 9.11. The highest BCUT2D eigenvalue weighted by atomic mass is 16.5. The molecule has 27 heavy (non-hydrogen) atoms. The van der Waals surface area contributed by atoms with Crippen LogP contribution in [0.15, 0.2) is 24.5 Å². The first kappa shape index (κ1) is 18.3. The molecule has 2 aromatic heterocycles. The van der Waals surface area contributed by atoms with Crippen LogP contribution in [0.3, 0.4) is 0 Å². The van der Waals surface area contributed by atoms with Crippen molar-refractivity contribution in [3.05, 3.63) is 35.8 Å². The van der Waals surface area contributed by atoms with Gasteiger partial charge in [-0.05, 0) is 31.4 Å². The number of rotatable bonds is 7. The van der Waals surface area contributed by atoms with Gasteiger partial charge in [0.1, 0.15) is 5.82 Å². The SMILES string of the molecule is NCC1(OCCNc2nc(-c3ccncc3)nc3c2CCC3)CCOCC1. The Balaban J connectivity index is 1.43. The summed E-state index contributed by atoms with van der Waals surface area (Å²) in [5, 5.41) is 3.47.